The Hall–Kier alpha value is -2.00. The van der Waals surface area contributed by atoms with Crippen molar-refractivity contribution in [1.29, 1.82) is 0 Å². The summed E-state index contributed by atoms with van der Waals surface area (Å²) in [4.78, 5) is 19.9. The molecule has 0 radical (unpaired) electrons. The van der Waals surface area contributed by atoms with E-state index in [9.17, 15) is 4.79 Å². The number of thioether (sulfide) groups is 1. The van der Waals surface area contributed by atoms with Crippen molar-refractivity contribution in [3.8, 4) is 0 Å². The molecule has 2 heterocycles. The first-order valence-corrected chi connectivity index (χ1v) is 6.93. The van der Waals surface area contributed by atoms with E-state index in [1.165, 1.54) is 11.8 Å². The van der Waals surface area contributed by atoms with E-state index < -0.39 is 5.91 Å². The molecular formula is C11H15N7OS. The summed E-state index contributed by atoms with van der Waals surface area (Å²) in [5.41, 5.74) is 4.10. The molecule has 0 aliphatic carbocycles. The van der Waals surface area contributed by atoms with Crippen molar-refractivity contribution < 1.29 is 4.79 Å². The fraction of sp³-hybridized carbons (Fsp3) is 0.364. The zero-order valence-electron chi connectivity index (χ0n) is 11.2. The van der Waals surface area contributed by atoms with Gasteiger partial charge in [0.25, 0.3) is 5.91 Å². The fourth-order valence-corrected chi connectivity index (χ4v) is 2.45. The van der Waals surface area contributed by atoms with Gasteiger partial charge in [-0.25, -0.2) is 15.8 Å². The number of aromatic nitrogens is 5. The van der Waals surface area contributed by atoms with Gasteiger partial charge >= 0.3 is 0 Å². The van der Waals surface area contributed by atoms with Crippen molar-refractivity contribution in [2.45, 2.75) is 25.5 Å². The molecular weight excluding hydrogens is 278 g/mol. The first-order chi connectivity index (χ1) is 9.58. The molecule has 2 aromatic heterocycles. The lowest BCUT2D eigenvalue weighted by atomic mass is 10.4. The lowest BCUT2D eigenvalue weighted by Crippen LogP contribution is -2.30. The highest BCUT2D eigenvalue weighted by Crippen LogP contribution is 2.14. The number of hydrazine groups is 1. The molecule has 3 N–H and O–H groups in total. The molecule has 0 aliphatic rings. The maximum atomic E-state index is 11.2. The summed E-state index contributed by atoms with van der Waals surface area (Å²) in [5.74, 6) is 5.30. The standard InChI is InChI=1S/C11H15N7OS/c1-7-5-8(2)14-11(13-7)20-4-3-18-6-9(16-17-18)10(19)15-12/h5-6H,3-4,12H2,1-2H3,(H,15,19). The molecule has 1 amide bonds. The van der Waals surface area contributed by atoms with Crippen LogP contribution in [0, 0.1) is 13.8 Å². The number of hydrogen-bond donors (Lipinski definition) is 2. The maximum absolute atomic E-state index is 11.2. The number of nitrogens with zero attached hydrogens (tertiary/aromatic N) is 5. The van der Waals surface area contributed by atoms with Crippen LogP contribution in [0.3, 0.4) is 0 Å². The van der Waals surface area contributed by atoms with Crippen molar-refractivity contribution in [3.05, 3.63) is 29.3 Å². The van der Waals surface area contributed by atoms with Crippen LogP contribution in [0.2, 0.25) is 0 Å². The summed E-state index contributed by atoms with van der Waals surface area (Å²) in [5, 5.41) is 8.31. The van der Waals surface area contributed by atoms with E-state index in [1.807, 2.05) is 25.3 Å². The molecule has 0 aromatic carbocycles. The van der Waals surface area contributed by atoms with Crippen LogP contribution in [0.25, 0.3) is 0 Å². The van der Waals surface area contributed by atoms with Crippen molar-refractivity contribution in [3.63, 3.8) is 0 Å². The smallest absolute Gasteiger partial charge is 0.287 e. The highest BCUT2D eigenvalue weighted by atomic mass is 32.2. The Bertz CT molecular complexity index is 592. The van der Waals surface area contributed by atoms with E-state index in [0.29, 0.717) is 6.54 Å². The number of aryl methyl sites for hydroxylation is 3. The molecule has 8 nitrogen and oxygen atoms in total. The average Bonchev–Trinajstić information content (AvgIpc) is 2.85. The number of nitrogens with one attached hydrogen (secondary N) is 1. The Kier molecular flexibility index (Phi) is 4.64. The van der Waals surface area contributed by atoms with Gasteiger partial charge in [-0.3, -0.25) is 14.9 Å². The van der Waals surface area contributed by atoms with Crippen LogP contribution in [0.1, 0.15) is 21.9 Å². The first kappa shape index (κ1) is 14.4. The molecule has 106 valence electrons. The van der Waals surface area contributed by atoms with E-state index in [1.54, 1.807) is 10.9 Å². The minimum absolute atomic E-state index is 0.195. The number of nitrogen functional groups attached to an aromatic ring is 1. The Balaban J connectivity index is 1.89. The quantitative estimate of drug-likeness (QED) is 0.264. The molecule has 20 heavy (non-hydrogen) atoms. The molecule has 0 atom stereocenters. The summed E-state index contributed by atoms with van der Waals surface area (Å²) in [6.45, 7) is 4.48. The third kappa shape index (κ3) is 3.75. The minimum atomic E-state index is -0.457. The van der Waals surface area contributed by atoms with Gasteiger partial charge in [-0.15, -0.1) is 5.10 Å². The predicted octanol–water partition coefficient (Wildman–Crippen LogP) is 0.0807. The average molecular weight is 293 g/mol. The molecule has 2 aromatic rings. The van der Waals surface area contributed by atoms with Crippen LogP contribution in [0.4, 0.5) is 0 Å². The van der Waals surface area contributed by atoms with Crippen LogP contribution in [0.5, 0.6) is 0 Å². The maximum Gasteiger partial charge on any atom is 0.287 e. The molecule has 0 unspecified atom stereocenters. The van der Waals surface area contributed by atoms with Gasteiger partial charge in [0.05, 0.1) is 12.7 Å². The Labute approximate surface area is 120 Å². The van der Waals surface area contributed by atoms with E-state index in [0.717, 1.165) is 22.3 Å². The number of carbonyl (C=O) groups excluding carboxylic acids is 1. The highest BCUT2D eigenvalue weighted by molar-refractivity contribution is 7.99. The van der Waals surface area contributed by atoms with Gasteiger partial charge in [0.1, 0.15) is 0 Å². The lowest BCUT2D eigenvalue weighted by molar-refractivity contribution is 0.0948. The molecule has 0 saturated heterocycles. The second kappa shape index (κ2) is 6.44. The largest absolute Gasteiger partial charge is 0.289 e. The van der Waals surface area contributed by atoms with Gasteiger partial charge in [0, 0.05) is 17.1 Å². The summed E-state index contributed by atoms with van der Waals surface area (Å²) >= 11 is 1.53. The van der Waals surface area contributed by atoms with Gasteiger partial charge < -0.3 is 0 Å². The van der Waals surface area contributed by atoms with Crippen molar-refractivity contribution in [1.82, 2.24) is 30.4 Å². The highest BCUT2D eigenvalue weighted by Gasteiger charge is 2.08. The fourth-order valence-electron chi connectivity index (χ4n) is 1.57. The zero-order chi connectivity index (χ0) is 14.5. The van der Waals surface area contributed by atoms with Crippen LogP contribution in [-0.4, -0.2) is 36.6 Å². The molecule has 0 saturated carbocycles. The Morgan fingerprint density at radius 3 is 2.75 bits per heavy atom. The number of amides is 1. The normalized spacial score (nSPS) is 10.6. The molecule has 2 rings (SSSR count). The van der Waals surface area contributed by atoms with Gasteiger partial charge in [0.15, 0.2) is 10.9 Å². The second-order valence-corrected chi connectivity index (χ2v) is 5.18. The number of nitrogens with two attached hydrogens (primary N) is 1. The van der Waals surface area contributed by atoms with Crippen molar-refractivity contribution >= 4 is 17.7 Å². The van der Waals surface area contributed by atoms with E-state index in [-0.39, 0.29) is 5.69 Å². The first-order valence-electron chi connectivity index (χ1n) is 5.94. The summed E-state index contributed by atoms with van der Waals surface area (Å²) < 4.78 is 1.58. The second-order valence-electron chi connectivity index (χ2n) is 4.12. The molecule has 9 heteroatoms. The SMILES string of the molecule is Cc1cc(C)nc(SCCn2cc(C(=O)NN)nn2)n1. The third-order valence-corrected chi connectivity index (χ3v) is 3.24. The molecule has 0 fully saturated rings. The monoisotopic (exact) mass is 293 g/mol. The minimum Gasteiger partial charge on any atom is -0.289 e. The van der Waals surface area contributed by atoms with Crippen molar-refractivity contribution in [2.75, 3.05) is 5.75 Å². The summed E-state index contributed by atoms with van der Waals surface area (Å²) in [6, 6.07) is 1.93. The Morgan fingerprint density at radius 1 is 1.40 bits per heavy atom. The lowest BCUT2D eigenvalue weighted by Gasteiger charge is -2.02. The van der Waals surface area contributed by atoms with E-state index in [2.05, 4.69) is 20.3 Å². The predicted molar refractivity (Wildman–Crippen MR) is 73.9 cm³/mol. The van der Waals surface area contributed by atoms with Gasteiger partial charge in [-0.2, -0.15) is 0 Å². The number of rotatable bonds is 5. The number of hydrogen-bond acceptors (Lipinski definition) is 7. The molecule has 0 spiro atoms. The van der Waals surface area contributed by atoms with Crippen molar-refractivity contribution in [2.24, 2.45) is 5.84 Å². The zero-order valence-corrected chi connectivity index (χ0v) is 12.0. The van der Waals surface area contributed by atoms with Gasteiger partial charge in [0.2, 0.25) is 0 Å². The van der Waals surface area contributed by atoms with Crippen LogP contribution in [0.15, 0.2) is 17.4 Å². The third-order valence-electron chi connectivity index (χ3n) is 2.42. The summed E-state index contributed by atoms with van der Waals surface area (Å²) in [6.07, 6.45) is 1.55. The summed E-state index contributed by atoms with van der Waals surface area (Å²) in [7, 11) is 0. The number of carbonyl (C=O) groups is 1. The molecule has 0 aliphatic heterocycles. The van der Waals surface area contributed by atoms with Crippen LogP contribution < -0.4 is 11.3 Å². The van der Waals surface area contributed by atoms with Gasteiger partial charge in [-0.05, 0) is 19.9 Å². The van der Waals surface area contributed by atoms with Crippen LogP contribution in [-0.2, 0) is 6.54 Å². The Morgan fingerprint density at radius 2 is 2.10 bits per heavy atom. The van der Waals surface area contributed by atoms with E-state index in [4.69, 9.17) is 5.84 Å². The van der Waals surface area contributed by atoms with Gasteiger partial charge in [-0.1, -0.05) is 17.0 Å². The topological polar surface area (TPSA) is 112 Å². The van der Waals surface area contributed by atoms with Crippen LogP contribution >= 0.6 is 11.8 Å². The van der Waals surface area contributed by atoms with E-state index >= 15 is 0 Å². The molecule has 0 bridgehead atoms.